The Kier molecular flexibility index (Phi) is 6.56. The number of carbonyl (C=O) groups excluding carboxylic acids is 1. The second-order valence-electron chi connectivity index (χ2n) is 7.41. The van der Waals surface area contributed by atoms with Gasteiger partial charge in [0.15, 0.2) is 0 Å². The van der Waals surface area contributed by atoms with E-state index in [9.17, 15) is 26.7 Å². The molecule has 1 fully saturated rings. The molecule has 4 rings (SSSR count). The lowest BCUT2D eigenvalue weighted by molar-refractivity contribution is -0.0505. The first-order valence-electron chi connectivity index (χ1n) is 9.82. The van der Waals surface area contributed by atoms with Crippen LogP contribution in [0.2, 0.25) is 0 Å². The number of halogens is 6. The van der Waals surface area contributed by atoms with E-state index in [4.69, 9.17) is 4.74 Å². The number of aryl methyl sites for hydroxylation is 1. The van der Waals surface area contributed by atoms with Crippen LogP contribution in [0.4, 0.5) is 22.0 Å². The average Bonchev–Trinajstić information content (AvgIpc) is 3.30. The number of nitrogens with zero attached hydrogens (tertiary/aromatic N) is 2. The number of methoxy groups -OCH3 is 1. The van der Waals surface area contributed by atoms with Crippen LogP contribution in [0.1, 0.15) is 16.8 Å². The van der Waals surface area contributed by atoms with Crippen molar-refractivity contribution < 1.29 is 41.0 Å². The van der Waals surface area contributed by atoms with Gasteiger partial charge >= 0.3 is 13.2 Å². The molecule has 1 aliphatic rings. The van der Waals surface area contributed by atoms with Gasteiger partial charge in [0.1, 0.15) is 29.0 Å². The van der Waals surface area contributed by atoms with Crippen molar-refractivity contribution in [1.29, 1.82) is 0 Å². The Morgan fingerprint density at radius 1 is 1.12 bits per heavy atom. The lowest BCUT2D eigenvalue weighted by Crippen LogP contribution is -2.28. The van der Waals surface area contributed by atoms with Crippen LogP contribution in [0.5, 0.6) is 17.2 Å². The van der Waals surface area contributed by atoms with E-state index in [0.717, 1.165) is 6.07 Å². The van der Waals surface area contributed by atoms with Gasteiger partial charge in [-0.15, -0.1) is 0 Å². The fourth-order valence-electron chi connectivity index (χ4n) is 3.63. The molecule has 0 unspecified atom stereocenters. The summed E-state index contributed by atoms with van der Waals surface area (Å²) < 4.78 is 82.1. The van der Waals surface area contributed by atoms with Crippen molar-refractivity contribution in [2.75, 3.05) is 7.11 Å². The van der Waals surface area contributed by atoms with Gasteiger partial charge in [-0.2, -0.15) is 22.7 Å². The number of fused-ring (bicyclic) bond motifs is 1. The number of hydrogen-bond donors (Lipinski definition) is 1. The van der Waals surface area contributed by atoms with E-state index in [1.165, 1.54) is 31.0 Å². The first-order valence-corrected chi connectivity index (χ1v) is 10.6. The van der Waals surface area contributed by atoms with E-state index in [2.05, 4.69) is 35.8 Å². The monoisotopic (exact) mass is 549 g/mol. The predicted octanol–water partition coefficient (Wildman–Crippen LogP) is 5.05. The van der Waals surface area contributed by atoms with E-state index in [1.54, 1.807) is 6.07 Å². The van der Waals surface area contributed by atoms with Gasteiger partial charge in [-0.1, -0.05) is 15.9 Å². The molecule has 1 amide bonds. The van der Waals surface area contributed by atoms with Crippen molar-refractivity contribution >= 4 is 32.7 Å². The fraction of sp³-hybridized carbons (Fsp3) is 0.333. The van der Waals surface area contributed by atoms with Gasteiger partial charge in [-0.05, 0) is 24.3 Å². The molecule has 0 bridgehead atoms. The Morgan fingerprint density at radius 3 is 2.32 bits per heavy atom. The van der Waals surface area contributed by atoms with Crippen LogP contribution in [0.3, 0.4) is 0 Å². The average molecular weight is 550 g/mol. The Morgan fingerprint density at radius 2 is 1.74 bits per heavy atom. The van der Waals surface area contributed by atoms with Crippen LogP contribution in [-0.4, -0.2) is 48.2 Å². The van der Waals surface area contributed by atoms with Crippen LogP contribution in [0.25, 0.3) is 22.2 Å². The maximum Gasteiger partial charge on any atom is 0.387 e. The first kappa shape index (κ1) is 24.0. The molecule has 13 heteroatoms. The largest absolute Gasteiger partial charge is 0.496 e. The highest BCUT2D eigenvalue weighted by Crippen LogP contribution is 2.42. The molecule has 3 aromatic rings. The van der Waals surface area contributed by atoms with Crippen molar-refractivity contribution in [3.05, 3.63) is 34.3 Å². The molecule has 7 nitrogen and oxygen atoms in total. The Balaban J connectivity index is 1.91. The number of hydrogen-bond acceptors (Lipinski definition) is 5. The summed E-state index contributed by atoms with van der Waals surface area (Å²) in [6.07, 6.45) is -1.11. The van der Waals surface area contributed by atoms with Crippen molar-refractivity contribution in [2.45, 2.75) is 31.9 Å². The zero-order chi connectivity index (χ0) is 24.7. The second kappa shape index (κ2) is 9.28. The number of nitrogens with one attached hydrogen (secondary N) is 1. The van der Waals surface area contributed by atoms with Crippen molar-refractivity contribution in [3.8, 4) is 28.5 Å². The number of alkyl halides is 5. The molecule has 1 aliphatic carbocycles. The topological polar surface area (TPSA) is 74.6 Å². The fourth-order valence-corrected chi connectivity index (χ4v) is 4.06. The summed E-state index contributed by atoms with van der Waals surface area (Å²) in [6.45, 7) is -6.43. The van der Waals surface area contributed by atoms with Gasteiger partial charge in [-0.25, -0.2) is 4.39 Å². The lowest BCUT2D eigenvalue weighted by Gasteiger charge is -2.17. The van der Waals surface area contributed by atoms with Crippen LogP contribution in [0.15, 0.2) is 28.7 Å². The Labute approximate surface area is 197 Å². The van der Waals surface area contributed by atoms with Gasteiger partial charge in [-0.3, -0.25) is 9.48 Å². The highest BCUT2D eigenvalue weighted by Gasteiger charge is 2.40. The minimum Gasteiger partial charge on any atom is -0.496 e. The van der Waals surface area contributed by atoms with Gasteiger partial charge in [0.25, 0.3) is 5.91 Å². The SMILES string of the molecule is COc1cc(-c2c3c(OC(F)F)cc(Br)cc3nn2C)cc(OC(F)F)c1C(=O)N[C@@H]1C[C@@H]1F. The quantitative estimate of drug-likeness (QED) is 0.398. The van der Waals surface area contributed by atoms with E-state index < -0.39 is 37.1 Å². The maximum atomic E-state index is 13.3. The Hall–Kier alpha value is -3.09. The standard InChI is InChI=1S/C21H17BrF5N3O4/c1-30-18(16-12(29-30)5-9(22)6-15(16)34-21(26)27)8-3-13(32-2)17(14(4-8)33-20(24)25)19(31)28-11-7-10(11)23/h3-6,10-11,20-21H,7H2,1-2H3,(H,28,31)/t10-,11+/m0/s1. The Bertz CT molecular complexity index is 1250. The van der Waals surface area contributed by atoms with Crippen LogP contribution in [-0.2, 0) is 7.05 Å². The molecule has 1 heterocycles. The van der Waals surface area contributed by atoms with Gasteiger partial charge in [0.2, 0.25) is 0 Å². The lowest BCUT2D eigenvalue weighted by atomic mass is 10.0. The van der Waals surface area contributed by atoms with E-state index in [1.807, 2.05) is 0 Å². The zero-order valence-electron chi connectivity index (χ0n) is 17.6. The van der Waals surface area contributed by atoms with Gasteiger partial charge in [0, 0.05) is 23.5 Å². The van der Waals surface area contributed by atoms with Crippen molar-refractivity contribution in [3.63, 3.8) is 0 Å². The number of aromatic nitrogens is 2. The zero-order valence-corrected chi connectivity index (χ0v) is 19.2. The smallest absolute Gasteiger partial charge is 0.387 e. The molecule has 1 N–H and O–H groups in total. The summed E-state index contributed by atoms with van der Waals surface area (Å²) >= 11 is 3.21. The predicted molar refractivity (Wildman–Crippen MR) is 114 cm³/mol. The van der Waals surface area contributed by atoms with Gasteiger partial charge in [0.05, 0.1) is 29.7 Å². The third kappa shape index (κ3) is 4.74. The highest BCUT2D eigenvalue weighted by molar-refractivity contribution is 9.10. The molecular formula is C21H17BrF5N3O4. The second-order valence-corrected chi connectivity index (χ2v) is 8.33. The van der Waals surface area contributed by atoms with E-state index >= 15 is 0 Å². The molecular weight excluding hydrogens is 533 g/mol. The number of carbonyl (C=O) groups is 1. The highest BCUT2D eigenvalue weighted by atomic mass is 79.9. The van der Waals surface area contributed by atoms with Crippen LogP contribution >= 0.6 is 15.9 Å². The minimum absolute atomic E-state index is 0.112. The molecule has 2 aromatic carbocycles. The number of amides is 1. The first-order chi connectivity index (χ1) is 16.1. The number of rotatable bonds is 8. The molecule has 34 heavy (non-hydrogen) atoms. The van der Waals surface area contributed by atoms with Crippen LogP contribution in [0, 0.1) is 0 Å². The summed E-state index contributed by atoms with van der Waals surface area (Å²) in [5.41, 5.74) is 0.310. The normalized spacial score (nSPS) is 17.4. The number of ether oxygens (including phenoxy) is 3. The maximum absolute atomic E-state index is 13.3. The molecule has 2 atom stereocenters. The third-order valence-electron chi connectivity index (χ3n) is 5.11. The third-order valence-corrected chi connectivity index (χ3v) is 5.57. The summed E-state index contributed by atoms with van der Waals surface area (Å²) in [6, 6.07) is 4.63. The van der Waals surface area contributed by atoms with Gasteiger partial charge < -0.3 is 19.5 Å². The summed E-state index contributed by atoms with van der Waals surface area (Å²) in [5, 5.41) is 6.86. The molecule has 1 saturated carbocycles. The minimum atomic E-state index is -3.29. The molecule has 1 aromatic heterocycles. The molecule has 0 aliphatic heterocycles. The summed E-state index contributed by atoms with van der Waals surface area (Å²) in [7, 11) is 2.73. The summed E-state index contributed by atoms with van der Waals surface area (Å²) in [4.78, 5) is 12.7. The number of benzene rings is 2. The van der Waals surface area contributed by atoms with E-state index in [-0.39, 0.29) is 45.6 Å². The van der Waals surface area contributed by atoms with E-state index in [0.29, 0.717) is 4.47 Å². The van der Waals surface area contributed by atoms with Crippen LogP contribution < -0.4 is 19.5 Å². The molecule has 0 saturated heterocycles. The van der Waals surface area contributed by atoms with Crippen molar-refractivity contribution in [1.82, 2.24) is 15.1 Å². The van der Waals surface area contributed by atoms with Crippen molar-refractivity contribution in [2.24, 2.45) is 7.05 Å². The summed E-state index contributed by atoms with van der Waals surface area (Å²) in [5.74, 6) is -1.75. The molecule has 0 radical (unpaired) electrons. The molecule has 182 valence electrons. The molecule has 0 spiro atoms.